The molecule has 1 heterocycles. The lowest BCUT2D eigenvalue weighted by molar-refractivity contribution is -0.181. The third-order valence-corrected chi connectivity index (χ3v) is 5.22. The summed E-state index contributed by atoms with van der Waals surface area (Å²) < 4.78 is 49.2. The van der Waals surface area contributed by atoms with Gasteiger partial charge >= 0.3 is 6.18 Å². The van der Waals surface area contributed by atoms with E-state index in [0.29, 0.717) is 37.7 Å². The monoisotopic (exact) mass is 544 g/mol. The van der Waals surface area contributed by atoms with E-state index in [4.69, 9.17) is 9.47 Å². The number of aryl methyl sites for hydroxylation is 1. The molecule has 1 atom stereocenters. The highest BCUT2D eigenvalue weighted by atomic mass is 127. The Morgan fingerprint density at radius 2 is 1.77 bits per heavy atom. The predicted molar refractivity (Wildman–Crippen MR) is 123 cm³/mol. The molecule has 1 aliphatic heterocycles. The summed E-state index contributed by atoms with van der Waals surface area (Å²) in [5, 5.41) is 3.31. The minimum Gasteiger partial charge on any atom is -0.493 e. The van der Waals surface area contributed by atoms with Crippen molar-refractivity contribution in [1.82, 2.24) is 15.1 Å². The Bertz CT molecular complexity index is 681. The first kappa shape index (κ1) is 26.6. The number of halogens is 4. The van der Waals surface area contributed by atoms with Gasteiger partial charge in [0.25, 0.3) is 0 Å². The van der Waals surface area contributed by atoms with Crippen molar-refractivity contribution in [1.29, 1.82) is 0 Å². The van der Waals surface area contributed by atoms with Crippen LogP contribution in [0, 0.1) is 0 Å². The number of rotatable bonds is 7. The van der Waals surface area contributed by atoms with Gasteiger partial charge in [0.05, 0.1) is 14.2 Å². The predicted octanol–water partition coefficient (Wildman–Crippen LogP) is 3.40. The zero-order valence-electron chi connectivity index (χ0n) is 18.0. The molecule has 172 valence electrons. The molecular formula is C20H32F3IN4O2. The molecule has 1 fully saturated rings. The van der Waals surface area contributed by atoms with Crippen molar-refractivity contribution >= 4 is 29.9 Å². The fourth-order valence-electron chi connectivity index (χ4n) is 3.39. The summed E-state index contributed by atoms with van der Waals surface area (Å²) in [5.41, 5.74) is 1.15. The zero-order valence-corrected chi connectivity index (χ0v) is 20.3. The number of benzene rings is 1. The van der Waals surface area contributed by atoms with Crippen LogP contribution in [0.5, 0.6) is 11.5 Å². The van der Waals surface area contributed by atoms with Crippen LogP contribution in [-0.2, 0) is 6.42 Å². The summed E-state index contributed by atoms with van der Waals surface area (Å²) in [7, 11) is 4.92. The van der Waals surface area contributed by atoms with Gasteiger partial charge in [0.15, 0.2) is 17.5 Å². The minimum atomic E-state index is -4.19. The van der Waals surface area contributed by atoms with Crippen LogP contribution in [0.1, 0.15) is 18.9 Å². The molecule has 2 rings (SSSR count). The van der Waals surface area contributed by atoms with E-state index in [1.165, 1.54) is 11.8 Å². The number of ether oxygens (including phenoxy) is 2. The molecule has 30 heavy (non-hydrogen) atoms. The molecule has 1 aliphatic rings. The van der Waals surface area contributed by atoms with E-state index in [1.807, 2.05) is 23.1 Å². The maximum absolute atomic E-state index is 12.9. The SMILES string of the molecule is CN=C(NCCCc1ccc(OC)c(OC)c1)N1CCN(C(C)C(F)(F)F)CC1.I. The summed E-state index contributed by atoms with van der Waals surface area (Å²) in [5.74, 6) is 2.14. The summed E-state index contributed by atoms with van der Waals surface area (Å²) >= 11 is 0. The third-order valence-electron chi connectivity index (χ3n) is 5.22. The van der Waals surface area contributed by atoms with Gasteiger partial charge in [0, 0.05) is 39.8 Å². The molecule has 0 amide bonds. The van der Waals surface area contributed by atoms with Gasteiger partial charge < -0.3 is 19.7 Å². The first-order chi connectivity index (χ1) is 13.8. The van der Waals surface area contributed by atoms with Crippen molar-refractivity contribution in [3.05, 3.63) is 23.8 Å². The van der Waals surface area contributed by atoms with Gasteiger partial charge in [0.1, 0.15) is 6.04 Å². The van der Waals surface area contributed by atoms with E-state index in [-0.39, 0.29) is 24.0 Å². The quantitative estimate of drug-likeness (QED) is 0.247. The summed E-state index contributed by atoms with van der Waals surface area (Å²) in [4.78, 5) is 7.76. The van der Waals surface area contributed by atoms with Crippen molar-refractivity contribution in [3.63, 3.8) is 0 Å². The number of hydrogen-bond donors (Lipinski definition) is 1. The van der Waals surface area contributed by atoms with E-state index >= 15 is 0 Å². The van der Waals surface area contributed by atoms with E-state index in [9.17, 15) is 13.2 Å². The van der Waals surface area contributed by atoms with Crippen LogP contribution in [0.4, 0.5) is 13.2 Å². The van der Waals surface area contributed by atoms with Gasteiger partial charge in [-0.25, -0.2) is 0 Å². The molecule has 10 heteroatoms. The van der Waals surface area contributed by atoms with E-state index in [0.717, 1.165) is 30.9 Å². The number of methoxy groups -OCH3 is 2. The summed E-state index contributed by atoms with van der Waals surface area (Å²) in [6.07, 6.45) is -2.44. The molecule has 0 spiro atoms. The van der Waals surface area contributed by atoms with Crippen molar-refractivity contribution in [2.24, 2.45) is 4.99 Å². The third kappa shape index (κ3) is 7.36. The molecule has 0 bridgehead atoms. The van der Waals surface area contributed by atoms with Crippen molar-refractivity contribution in [2.45, 2.75) is 32.0 Å². The Kier molecular flexibility index (Phi) is 11.0. The minimum absolute atomic E-state index is 0. The zero-order chi connectivity index (χ0) is 21.4. The molecular weight excluding hydrogens is 512 g/mol. The van der Waals surface area contributed by atoms with Gasteiger partial charge in [-0.1, -0.05) is 6.07 Å². The van der Waals surface area contributed by atoms with Gasteiger partial charge in [0.2, 0.25) is 0 Å². The normalized spacial score (nSPS) is 16.6. The van der Waals surface area contributed by atoms with Crippen LogP contribution < -0.4 is 14.8 Å². The van der Waals surface area contributed by atoms with Gasteiger partial charge in [-0.05, 0) is 37.5 Å². The second-order valence-corrected chi connectivity index (χ2v) is 7.01. The average molecular weight is 544 g/mol. The first-order valence-corrected chi connectivity index (χ1v) is 9.77. The standard InChI is InChI=1S/C20H31F3N4O2.HI/c1-15(20(21,22)23)26-10-12-27(13-11-26)19(24-2)25-9-5-6-16-7-8-17(28-3)18(14-16)29-4;/h7-8,14-15H,5-6,9-13H2,1-4H3,(H,24,25);1H. The summed E-state index contributed by atoms with van der Waals surface area (Å²) in [6.45, 7) is 3.72. The van der Waals surface area contributed by atoms with Crippen molar-refractivity contribution in [3.8, 4) is 11.5 Å². The molecule has 0 aliphatic carbocycles. The second kappa shape index (κ2) is 12.4. The Hall–Kier alpha value is -1.43. The van der Waals surface area contributed by atoms with Gasteiger partial charge in [-0.15, -0.1) is 24.0 Å². The smallest absolute Gasteiger partial charge is 0.403 e. The number of guanidine groups is 1. The molecule has 1 unspecified atom stereocenters. The lowest BCUT2D eigenvalue weighted by Gasteiger charge is -2.39. The Morgan fingerprint density at radius 1 is 1.13 bits per heavy atom. The molecule has 0 aromatic heterocycles. The number of nitrogens with zero attached hydrogens (tertiary/aromatic N) is 3. The van der Waals surface area contributed by atoms with Crippen LogP contribution in [0.15, 0.2) is 23.2 Å². The van der Waals surface area contributed by atoms with Crippen LogP contribution in [0.3, 0.4) is 0 Å². The molecule has 1 saturated heterocycles. The maximum Gasteiger partial charge on any atom is 0.403 e. The second-order valence-electron chi connectivity index (χ2n) is 7.01. The lowest BCUT2D eigenvalue weighted by Crippen LogP contribution is -2.56. The largest absolute Gasteiger partial charge is 0.493 e. The number of nitrogens with one attached hydrogen (secondary N) is 1. The molecule has 1 N–H and O–H groups in total. The number of alkyl halides is 3. The van der Waals surface area contributed by atoms with Gasteiger partial charge in [-0.3, -0.25) is 9.89 Å². The average Bonchev–Trinajstić information content (AvgIpc) is 2.72. The maximum atomic E-state index is 12.9. The first-order valence-electron chi connectivity index (χ1n) is 9.77. The fraction of sp³-hybridized carbons (Fsp3) is 0.650. The molecule has 0 saturated carbocycles. The number of hydrogen-bond acceptors (Lipinski definition) is 4. The Labute approximate surface area is 193 Å². The molecule has 1 aromatic rings. The van der Waals surface area contributed by atoms with Crippen LogP contribution in [0.25, 0.3) is 0 Å². The van der Waals surface area contributed by atoms with E-state index < -0.39 is 12.2 Å². The van der Waals surface area contributed by atoms with Crippen LogP contribution in [0.2, 0.25) is 0 Å². The highest BCUT2D eigenvalue weighted by molar-refractivity contribution is 14.0. The highest BCUT2D eigenvalue weighted by Crippen LogP contribution is 2.28. The van der Waals surface area contributed by atoms with Crippen LogP contribution in [-0.4, -0.2) is 82.0 Å². The van der Waals surface area contributed by atoms with E-state index in [2.05, 4.69) is 10.3 Å². The van der Waals surface area contributed by atoms with Crippen molar-refractivity contribution in [2.75, 3.05) is 54.0 Å². The molecule has 1 aromatic carbocycles. The highest BCUT2D eigenvalue weighted by Gasteiger charge is 2.41. The van der Waals surface area contributed by atoms with E-state index in [1.54, 1.807) is 21.3 Å². The Morgan fingerprint density at radius 3 is 2.30 bits per heavy atom. The number of aliphatic imine (C=N–C) groups is 1. The van der Waals surface area contributed by atoms with Crippen molar-refractivity contribution < 1.29 is 22.6 Å². The van der Waals surface area contributed by atoms with Crippen LogP contribution >= 0.6 is 24.0 Å². The lowest BCUT2D eigenvalue weighted by atomic mass is 10.1. The molecule has 0 radical (unpaired) electrons. The fourth-order valence-corrected chi connectivity index (χ4v) is 3.39. The summed E-state index contributed by atoms with van der Waals surface area (Å²) in [6, 6.07) is 4.45. The molecule has 6 nitrogen and oxygen atoms in total. The topological polar surface area (TPSA) is 49.3 Å². The number of piperazine rings is 1. The van der Waals surface area contributed by atoms with Gasteiger partial charge in [-0.2, -0.15) is 13.2 Å². The Balaban J connectivity index is 0.00000450.